The maximum Gasteiger partial charge on any atom is 0.0509 e. The van der Waals surface area contributed by atoms with Crippen molar-refractivity contribution in [3.8, 4) is 0 Å². The smallest absolute Gasteiger partial charge is 0.0509 e. The predicted octanol–water partition coefficient (Wildman–Crippen LogP) is 2.09. The molecule has 2 unspecified atom stereocenters. The molecule has 1 saturated heterocycles. The Hall–Kier alpha value is -1.06. The zero-order valence-electron chi connectivity index (χ0n) is 10.7. The van der Waals surface area contributed by atoms with Crippen LogP contribution in [0.4, 0.5) is 5.69 Å². The Kier molecular flexibility index (Phi) is 4.02. The lowest BCUT2D eigenvalue weighted by Crippen LogP contribution is -2.33. The van der Waals surface area contributed by atoms with Crippen LogP contribution in [0.2, 0.25) is 0 Å². The molecule has 1 aliphatic heterocycles. The largest absolute Gasteiger partial charge is 0.398 e. The van der Waals surface area contributed by atoms with E-state index in [0.29, 0.717) is 12.0 Å². The van der Waals surface area contributed by atoms with Gasteiger partial charge in [0.25, 0.3) is 0 Å². The van der Waals surface area contributed by atoms with Crippen LogP contribution in [0.1, 0.15) is 24.5 Å². The molecule has 0 radical (unpaired) electrons. The fourth-order valence-corrected chi connectivity index (χ4v) is 2.27. The molecule has 1 aromatic carbocycles. The summed E-state index contributed by atoms with van der Waals surface area (Å²) in [7, 11) is 0. The van der Waals surface area contributed by atoms with Gasteiger partial charge in [-0.1, -0.05) is 17.7 Å². The number of anilines is 1. The van der Waals surface area contributed by atoms with Crippen molar-refractivity contribution in [2.45, 2.75) is 32.9 Å². The number of hydrogen-bond acceptors (Lipinski definition) is 3. The van der Waals surface area contributed by atoms with Gasteiger partial charge < -0.3 is 15.8 Å². The van der Waals surface area contributed by atoms with Gasteiger partial charge in [0.15, 0.2) is 0 Å². The van der Waals surface area contributed by atoms with Gasteiger partial charge in [0.2, 0.25) is 0 Å². The summed E-state index contributed by atoms with van der Waals surface area (Å²) < 4.78 is 5.41. The van der Waals surface area contributed by atoms with E-state index in [0.717, 1.165) is 31.9 Å². The molecule has 2 rings (SSSR count). The minimum Gasteiger partial charge on any atom is -0.398 e. The van der Waals surface area contributed by atoms with Gasteiger partial charge in [0, 0.05) is 24.9 Å². The quantitative estimate of drug-likeness (QED) is 0.784. The van der Waals surface area contributed by atoms with Gasteiger partial charge in [0.05, 0.1) is 6.61 Å². The predicted molar refractivity (Wildman–Crippen MR) is 70.8 cm³/mol. The molecule has 94 valence electrons. The Labute approximate surface area is 103 Å². The van der Waals surface area contributed by atoms with Gasteiger partial charge in [-0.3, -0.25) is 0 Å². The number of hydrogen-bond donors (Lipinski definition) is 2. The molecule has 1 aromatic rings. The number of nitrogens with two attached hydrogens (primary N) is 1. The zero-order chi connectivity index (χ0) is 12.3. The first-order valence-electron chi connectivity index (χ1n) is 6.33. The molecule has 3 N–H and O–H groups in total. The Balaban J connectivity index is 1.90. The van der Waals surface area contributed by atoms with Gasteiger partial charge in [-0.05, 0) is 37.8 Å². The number of nitrogen functional groups attached to an aromatic ring is 1. The average molecular weight is 234 g/mol. The third-order valence-electron chi connectivity index (χ3n) is 3.58. The number of ether oxygens (including phenoxy) is 1. The molecular weight excluding hydrogens is 212 g/mol. The second-order valence-corrected chi connectivity index (χ2v) is 5.00. The molecule has 0 bridgehead atoms. The van der Waals surface area contributed by atoms with Crippen LogP contribution in [0.5, 0.6) is 0 Å². The number of aryl methyl sites for hydroxylation is 1. The Morgan fingerprint density at radius 1 is 1.53 bits per heavy atom. The molecule has 0 saturated carbocycles. The van der Waals surface area contributed by atoms with Gasteiger partial charge in [0.1, 0.15) is 0 Å². The Bertz CT molecular complexity index is 372. The minimum absolute atomic E-state index is 0.484. The molecule has 3 heteroatoms. The van der Waals surface area contributed by atoms with Crippen molar-refractivity contribution in [1.82, 2.24) is 5.32 Å². The van der Waals surface area contributed by atoms with Crippen LogP contribution in [0.3, 0.4) is 0 Å². The fraction of sp³-hybridized carbons (Fsp3) is 0.571. The summed E-state index contributed by atoms with van der Waals surface area (Å²) in [5.41, 5.74) is 9.29. The topological polar surface area (TPSA) is 47.3 Å². The summed E-state index contributed by atoms with van der Waals surface area (Å²) in [6.07, 6.45) is 1.16. The van der Waals surface area contributed by atoms with Gasteiger partial charge >= 0.3 is 0 Å². The summed E-state index contributed by atoms with van der Waals surface area (Å²) in [6, 6.07) is 6.67. The zero-order valence-corrected chi connectivity index (χ0v) is 10.7. The number of benzene rings is 1. The minimum atomic E-state index is 0.484. The first-order chi connectivity index (χ1) is 8.16. The second-order valence-electron chi connectivity index (χ2n) is 5.00. The summed E-state index contributed by atoms with van der Waals surface area (Å²) in [4.78, 5) is 0. The van der Waals surface area contributed by atoms with E-state index in [-0.39, 0.29) is 0 Å². The summed E-state index contributed by atoms with van der Waals surface area (Å²) in [5, 5.41) is 3.55. The van der Waals surface area contributed by atoms with E-state index in [1.165, 1.54) is 11.1 Å². The molecule has 0 spiro atoms. The van der Waals surface area contributed by atoms with Crippen LogP contribution in [0.25, 0.3) is 0 Å². The van der Waals surface area contributed by atoms with Gasteiger partial charge in [-0.15, -0.1) is 0 Å². The van der Waals surface area contributed by atoms with E-state index < -0.39 is 0 Å². The summed E-state index contributed by atoms with van der Waals surface area (Å²) >= 11 is 0. The molecule has 0 aliphatic carbocycles. The lowest BCUT2D eigenvalue weighted by molar-refractivity contribution is 0.178. The van der Waals surface area contributed by atoms with Crippen molar-refractivity contribution in [1.29, 1.82) is 0 Å². The second kappa shape index (κ2) is 5.52. The normalized spacial score (nSPS) is 21.6. The van der Waals surface area contributed by atoms with Crippen molar-refractivity contribution >= 4 is 5.69 Å². The van der Waals surface area contributed by atoms with E-state index in [1.807, 2.05) is 12.1 Å². The molecule has 3 nitrogen and oxygen atoms in total. The highest BCUT2D eigenvalue weighted by molar-refractivity contribution is 5.48. The van der Waals surface area contributed by atoms with Crippen LogP contribution >= 0.6 is 0 Å². The van der Waals surface area contributed by atoms with Crippen molar-refractivity contribution in [3.63, 3.8) is 0 Å². The van der Waals surface area contributed by atoms with E-state index in [2.05, 4.69) is 25.2 Å². The standard InChI is InChI=1S/C14H22N2O/c1-10-3-4-14(15)13(7-10)8-16-11(2)12-5-6-17-9-12/h3-4,7,11-12,16H,5-6,8-9,15H2,1-2H3. The molecule has 2 atom stereocenters. The highest BCUT2D eigenvalue weighted by Crippen LogP contribution is 2.18. The van der Waals surface area contributed by atoms with Crippen molar-refractivity contribution < 1.29 is 4.74 Å². The van der Waals surface area contributed by atoms with E-state index >= 15 is 0 Å². The molecule has 0 amide bonds. The molecule has 0 aromatic heterocycles. The lowest BCUT2D eigenvalue weighted by Gasteiger charge is -2.20. The van der Waals surface area contributed by atoms with Crippen molar-refractivity contribution in [2.24, 2.45) is 5.92 Å². The molecule has 1 heterocycles. The van der Waals surface area contributed by atoms with Crippen molar-refractivity contribution in [2.75, 3.05) is 18.9 Å². The van der Waals surface area contributed by atoms with Crippen molar-refractivity contribution in [3.05, 3.63) is 29.3 Å². The fourth-order valence-electron chi connectivity index (χ4n) is 2.27. The van der Waals surface area contributed by atoms with E-state index in [9.17, 15) is 0 Å². The van der Waals surface area contributed by atoms with Crippen LogP contribution in [0.15, 0.2) is 18.2 Å². The highest BCUT2D eigenvalue weighted by Gasteiger charge is 2.21. The Morgan fingerprint density at radius 2 is 2.35 bits per heavy atom. The third kappa shape index (κ3) is 3.20. The molecule has 1 aliphatic rings. The first kappa shape index (κ1) is 12.4. The van der Waals surface area contributed by atoms with Crippen LogP contribution in [-0.2, 0) is 11.3 Å². The maximum atomic E-state index is 5.96. The lowest BCUT2D eigenvalue weighted by atomic mass is 10.0. The Morgan fingerprint density at radius 3 is 3.06 bits per heavy atom. The maximum absolute atomic E-state index is 5.96. The molecular formula is C14H22N2O. The number of rotatable bonds is 4. The molecule has 17 heavy (non-hydrogen) atoms. The van der Waals surface area contributed by atoms with Crippen LogP contribution in [0, 0.1) is 12.8 Å². The van der Waals surface area contributed by atoms with Crippen LogP contribution < -0.4 is 11.1 Å². The van der Waals surface area contributed by atoms with Gasteiger partial charge in [-0.25, -0.2) is 0 Å². The highest BCUT2D eigenvalue weighted by atomic mass is 16.5. The van der Waals surface area contributed by atoms with E-state index in [4.69, 9.17) is 10.5 Å². The number of nitrogens with one attached hydrogen (secondary N) is 1. The SMILES string of the molecule is Cc1ccc(N)c(CNC(C)C2CCOC2)c1. The van der Waals surface area contributed by atoms with Crippen LogP contribution in [-0.4, -0.2) is 19.3 Å². The van der Waals surface area contributed by atoms with Gasteiger partial charge in [-0.2, -0.15) is 0 Å². The molecule has 1 fully saturated rings. The first-order valence-corrected chi connectivity index (χ1v) is 6.33. The monoisotopic (exact) mass is 234 g/mol. The van der Waals surface area contributed by atoms with E-state index in [1.54, 1.807) is 0 Å². The summed E-state index contributed by atoms with van der Waals surface area (Å²) in [6.45, 7) is 6.95. The summed E-state index contributed by atoms with van der Waals surface area (Å²) in [5.74, 6) is 0.640. The third-order valence-corrected chi connectivity index (χ3v) is 3.58. The average Bonchev–Trinajstić information content (AvgIpc) is 2.83.